The summed E-state index contributed by atoms with van der Waals surface area (Å²) in [6.45, 7) is 26.6. The molecule has 11 rings (SSSR count). The molecule has 3 nitrogen and oxygen atoms in total. The second-order valence-electron chi connectivity index (χ2n) is 22.5. The van der Waals surface area contributed by atoms with E-state index >= 15 is 0 Å². The predicted octanol–water partition coefficient (Wildman–Crippen LogP) is 14.6. The summed E-state index contributed by atoms with van der Waals surface area (Å²) in [6.07, 6.45) is 9.22. The zero-order valence-corrected chi connectivity index (χ0v) is 39.8. The molecule has 0 fully saturated rings. The van der Waals surface area contributed by atoms with Crippen LogP contribution in [0.25, 0.3) is 21.9 Å². The molecule has 2 aliphatic carbocycles. The van der Waals surface area contributed by atoms with Gasteiger partial charge in [0.15, 0.2) is 0 Å². The van der Waals surface area contributed by atoms with Gasteiger partial charge in [0.1, 0.15) is 11.2 Å². The van der Waals surface area contributed by atoms with Crippen molar-refractivity contribution in [2.45, 2.75) is 149 Å². The highest BCUT2D eigenvalue weighted by Gasteiger charge is 2.48. The molecule has 0 saturated carbocycles. The lowest BCUT2D eigenvalue weighted by atomic mass is 9.33. The Hall–Kier alpha value is -5.22. The summed E-state index contributed by atoms with van der Waals surface area (Å²) in [5.41, 5.74) is 24.0. The fraction of sp³-hybridized carbons (Fsp3) is 0.390. The molecule has 63 heavy (non-hydrogen) atoms. The molecule has 3 heterocycles. The van der Waals surface area contributed by atoms with Crippen molar-refractivity contribution >= 4 is 79.2 Å². The lowest BCUT2D eigenvalue weighted by Crippen LogP contribution is -2.62. The van der Waals surface area contributed by atoms with Crippen LogP contribution in [0.1, 0.15) is 147 Å². The average Bonchev–Trinajstić information content (AvgIpc) is 3.64. The number of rotatable bonds is 6. The van der Waals surface area contributed by atoms with E-state index in [-0.39, 0.29) is 28.4 Å². The van der Waals surface area contributed by atoms with Crippen molar-refractivity contribution in [2.24, 2.45) is 0 Å². The topological polar surface area (TPSA) is 19.6 Å². The maximum absolute atomic E-state index is 6.79. The summed E-state index contributed by atoms with van der Waals surface area (Å²) in [7, 11) is 0. The zero-order valence-electron chi connectivity index (χ0n) is 39.8. The van der Waals surface area contributed by atoms with Crippen molar-refractivity contribution in [1.29, 1.82) is 0 Å². The van der Waals surface area contributed by atoms with Crippen molar-refractivity contribution in [2.75, 3.05) is 9.80 Å². The average molecular weight is 829 g/mol. The number of furan rings is 1. The first-order valence-corrected chi connectivity index (χ1v) is 24.2. The Morgan fingerprint density at radius 3 is 1.79 bits per heavy atom. The van der Waals surface area contributed by atoms with Gasteiger partial charge in [0.2, 0.25) is 0 Å². The Balaban J connectivity index is 1.26. The molecule has 4 heteroatoms. The van der Waals surface area contributed by atoms with Gasteiger partial charge in [-0.3, -0.25) is 0 Å². The smallest absolute Gasteiger partial charge is 0.252 e. The molecule has 320 valence electrons. The third kappa shape index (κ3) is 6.05. The van der Waals surface area contributed by atoms with Crippen LogP contribution < -0.4 is 26.2 Å². The summed E-state index contributed by atoms with van der Waals surface area (Å²) < 4.78 is 6.79. The third-order valence-electron chi connectivity index (χ3n) is 16.4. The Bertz CT molecular complexity index is 3010. The second kappa shape index (κ2) is 13.9. The highest BCUT2D eigenvalue weighted by atomic mass is 16.3. The van der Waals surface area contributed by atoms with Crippen molar-refractivity contribution in [1.82, 2.24) is 0 Å². The zero-order chi connectivity index (χ0) is 44.0. The quantitative estimate of drug-likeness (QED) is 0.156. The number of unbranched alkanes of at least 4 members (excludes halogenated alkanes) is 1. The van der Waals surface area contributed by atoms with Crippen molar-refractivity contribution in [3.8, 4) is 0 Å². The summed E-state index contributed by atoms with van der Waals surface area (Å²) in [6, 6.07) is 38.8. The van der Waals surface area contributed by atoms with Gasteiger partial charge in [-0.25, -0.2) is 0 Å². The van der Waals surface area contributed by atoms with Gasteiger partial charge in [-0.15, -0.1) is 0 Å². The minimum absolute atomic E-state index is 0.0276. The molecule has 0 N–H and O–H groups in total. The Morgan fingerprint density at radius 1 is 0.540 bits per heavy atom. The van der Waals surface area contributed by atoms with E-state index in [0.717, 1.165) is 24.0 Å². The fourth-order valence-corrected chi connectivity index (χ4v) is 12.3. The molecule has 0 amide bonds. The summed E-state index contributed by atoms with van der Waals surface area (Å²) in [4.78, 5) is 5.30. The lowest BCUT2D eigenvalue weighted by Gasteiger charge is -2.48. The molecule has 0 bridgehead atoms. The standard InChI is InChI=1S/C59H65BN2O/c1-12-14-15-38-16-19-39(20-17-38)62-50-31-36(3)30-49-54(50)60(46-23-25-52-53(55(46)62)41-32-37(13-2)18-24-51(41)63-52)47-34-44-45(59(10,11)29-28-58(44,8)9)35-48(47)61(49)40-21-22-42-43(33-40)57(6,7)27-26-56(42,4)5/h16-25,30-35H,12-15,26-29H2,1-11H3. The molecule has 1 aromatic heterocycles. The molecular weight excluding hydrogens is 763 g/mol. The predicted molar refractivity (Wildman–Crippen MR) is 271 cm³/mol. The third-order valence-corrected chi connectivity index (χ3v) is 16.4. The number of hydrogen-bond acceptors (Lipinski definition) is 3. The SMILES string of the molecule is CCCCc1ccc(N2c3cc(C)cc4c3B(c3cc5c(cc3N4c3ccc4c(c3)C(C)(C)CCC4(C)C)C(C)(C)CCC5(C)C)c3ccc4oc5ccc(CC)cc5c4c32)cc1. The molecule has 0 unspecified atom stereocenters. The molecule has 0 spiro atoms. The second-order valence-corrected chi connectivity index (χ2v) is 22.5. The van der Waals surface area contributed by atoms with E-state index in [1.165, 1.54) is 139 Å². The van der Waals surface area contributed by atoms with Crippen LogP contribution >= 0.6 is 0 Å². The molecule has 0 radical (unpaired) electrons. The number of nitrogens with zero attached hydrogens (tertiary/aromatic N) is 2. The summed E-state index contributed by atoms with van der Waals surface area (Å²) >= 11 is 0. The van der Waals surface area contributed by atoms with Crippen LogP contribution in [0, 0.1) is 6.92 Å². The van der Waals surface area contributed by atoms with Gasteiger partial charge in [0.05, 0.1) is 11.1 Å². The van der Waals surface area contributed by atoms with Crippen LogP contribution in [-0.2, 0) is 34.5 Å². The van der Waals surface area contributed by atoms with Gasteiger partial charge in [0, 0.05) is 33.8 Å². The van der Waals surface area contributed by atoms with Gasteiger partial charge in [-0.1, -0.05) is 112 Å². The highest BCUT2D eigenvalue weighted by Crippen LogP contribution is 2.53. The van der Waals surface area contributed by atoms with E-state index in [1.54, 1.807) is 0 Å². The molecule has 2 aliphatic heterocycles. The lowest BCUT2D eigenvalue weighted by molar-refractivity contribution is 0.332. The van der Waals surface area contributed by atoms with Crippen molar-refractivity contribution < 1.29 is 4.42 Å². The van der Waals surface area contributed by atoms with Gasteiger partial charge < -0.3 is 14.2 Å². The fourth-order valence-electron chi connectivity index (χ4n) is 12.3. The minimum Gasteiger partial charge on any atom is -0.456 e. The van der Waals surface area contributed by atoms with Crippen LogP contribution in [0.5, 0.6) is 0 Å². The van der Waals surface area contributed by atoms with Crippen LogP contribution in [-0.4, -0.2) is 6.71 Å². The normalized spacial score (nSPS) is 18.5. The number of anilines is 6. The van der Waals surface area contributed by atoms with Crippen LogP contribution in [0.3, 0.4) is 0 Å². The number of hydrogen-bond donors (Lipinski definition) is 0. The van der Waals surface area contributed by atoms with Crippen molar-refractivity contribution in [3.63, 3.8) is 0 Å². The molecule has 0 atom stereocenters. The van der Waals surface area contributed by atoms with E-state index in [1.807, 2.05) is 0 Å². The number of aryl methyl sites for hydroxylation is 3. The van der Waals surface area contributed by atoms with E-state index in [9.17, 15) is 0 Å². The Labute approximate surface area is 377 Å². The summed E-state index contributed by atoms with van der Waals surface area (Å²) in [5.74, 6) is 0. The largest absolute Gasteiger partial charge is 0.456 e. The van der Waals surface area contributed by atoms with Gasteiger partial charge in [-0.05, 0) is 190 Å². The molecule has 6 aromatic carbocycles. The van der Waals surface area contributed by atoms with E-state index < -0.39 is 0 Å². The minimum atomic E-state index is 0.0276. The monoisotopic (exact) mass is 829 g/mol. The van der Waals surface area contributed by atoms with Crippen LogP contribution in [0.4, 0.5) is 34.1 Å². The maximum Gasteiger partial charge on any atom is 0.252 e. The number of benzene rings is 6. The van der Waals surface area contributed by atoms with Crippen LogP contribution in [0.15, 0.2) is 101 Å². The Kier molecular flexibility index (Phi) is 8.94. The van der Waals surface area contributed by atoms with Gasteiger partial charge in [-0.2, -0.15) is 0 Å². The van der Waals surface area contributed by atoms with Gasteiger partial charge in [0.25, 0.3) is 6.71 Å². The first kappa shape index (κ1) is 40.6. The molecule has 0 saturated heterocycles. The van der Waals surface area contributed by atoms with Crippen LogP contribution in [0.2, 0.25) is 0 Å². The first-order valence-electron chi connectivity index (χ1n) is 24.2. The highest BCUT2D eigenvalue weighted by molar-refractivity contribution is 7.00. The first-order chi connectivity index (χ1) is 30.0. The Morgan fingerprint density at radius 2 is 1.13 bits per heavy atom. The van der Waals surface area contributed by atoms with Gasteiger partial charge >= 0.3 is 0 Å². The number of fused-ring (bicyclic) bond motifs is 10. The molecular formula is C59H65BN2O. The maximum atomic E-state index is 6.79. The van der Waals surface area contributed by atoms with E-state index in [0.29, 0.717) is 0 Å². The van der Waals surface area contributed by atoms with E-state index in [4.69, 9.17) is 4.42 Å². The molecule has 7 aromatic rings. The van der Waals surface area contributed by atoms with Crippen molar-refractivity contribution in [3.05, 3.63) is 136 Å². The summed E-state index contributed by atoms with van der Waals surface area (Å²) in [5, 5.41) is 2.41. The molecule has 4 aliphatic rings. The van der Waals surface area contributed by atoms with E-state index in [2.05, 4.69) is 183 Å².